The number of carbonyl (C=O) groups excluding carboxylic acids is 1. The van der Waals surface area contributed by atoms with Crippen LogP contribution in [-0.2, 0) is 14.8 Å². The van der Waals surface area contributed by atoms with Gasteiger partial charge in [0.1, 0.15) is 5.78 Å². The second-order valence-corrected chi connectivity index (χ2v) is 5.81. The molecule has 0 aromatic heterocycles. The first kappa shape index (κ1) is 9.15. The summed E-state index contributed by atoms with van der Waals surface area (Å²) in [5, 5.41) is 0. The van der Waals surface area contributed by atoms with Crippen molar-refractivity contribution in [1.29, 1.82) is 0 Å². The normalized spacial score (nSPS) is 35.3. The van der Waals surface area contributed by atoms with Crippen LogP contribution in [0.4, 0.5) is 0 Å². The quantitative estimate of drug-likeness (QED) is 0.609. The largest absolute Gasteiger partial charge is 0.300 e. The van der Waals surface area contributed by atoms with E-state index >= 15 is 0 Å². The molecule has 2 saturated heterocycles. The van der Waals surface area contributed by atoms with Crippen LogP contribution in [-0.4, -0.2) is 36.8 Å². The summed E-state index contributed by atoms with van der Waals surface area (Å²) in [5.41, 5.74) is 0. The maximum absolute atomic E-state index is 11.4. The minimum atomic E-state index is -3.10. The molecule has 2 atom stereocenters. The average molecular weight is 203 g/mol. The molecule has 2 rings (SSSR count). The molecule has 2 fully saturated rings. The highest BCUT2D eigenvalue weighted by Gasteiger charge is 2.44. The van der Waals surface area contributed by atoms with Gasteiger partial charge in [-0.25, -0.2) is 8.42 Å². The summed E-state index contributed by atoms with van der Waals surface area (Å²) in [6, 6.07) is -0.0810. The molecule has 13 heavy (non-hydrogen) atoms. The molecule has 74 valence electrons. The Labute approximate surface area is 78.0 Å². The maximum atomic E-state index is 11.4. The number of sulfonamides is 1. The van der Waals surface area contributed by atoms with Crippen molar-refractivity contribution in [1.82, 2.24) is 4.31 Å². The lowest BCUT2D eigenvalue weighted by Crippen LogP contribution is -2.46. The van der Waals surface area contributed by atoms with Crippen LogP contribution in [0.15, 0.2) is 0 Å². The van der Waals surface area contributed by atoms with E-state index in [9.17, 15) is 13.2 Å². The zero-order chi connectivity index (χ0) is 9.64. The molecule has 2 bridgehead atoms. The van der Waals surface area contributed by atoms with Crippen molar-refractivity contribution in [3.63, 3.8) is 0 Å². The minimum absolute atomic E-state index is 0.0405. The van der Waals surface area contributed by atoms with Gasteiger partial charge in [-0.2, -0.15) is 4.31 Å². The van der Waals surface area contributed by atoms with E-state index in [1.807, 2.05) is 0 Å². The molecule has 0 aromatic rings. The van der Waals surface area contributed by atoms with E-state index in [0.29, 0.717) is 12.8 Å². The Morgan fingerprint density at radius 2 is 1.69 bits per heavy atom. The third kappa shape index (κ3) is 1.50. The summed E-state index contributed by atoms with van der Waals surface area (Å²) >= 11 is 0. The van der Waals surface area contributed by atoms with Crippen molar-refractivity contribution in [2.45, 2.75) is 37.8 Å². The summed E-state index contributed by atoms with van der Waals surface area (Å²) in [4.78, 5) is 11.2. The van der Waals surface area contributed by atoms with Gasteiger partial charge in [-0.3, -0.25) is 4.79 Å². The van der Waals surface area contributed by atoms with Crippen LogP contribution in [0.3, 0.4) is 0 Å². The van der Waals surface area contributed by atoms with Crippen LogP contribution in [0.1, 0.15) is 25.7 Å². The molecule has 0 amide bonds. The fraction of sp³-hybridized carbons (Fsp3) is 0.875. The lowest BCUT2D eigenvalue weighted by molar-refractivity contribution is -0.122. The predicted octanol–water partition coefficient (Wildman–Crippen LogP) is 0.142. The van der Waals surface area contributed by atoms with Gasteiger partial charge in [-0.1, -0.05) is 0 Å². The Bertz CT molecular complexity index is 319. The SMILES string of the molecule is CS(=O)(=O)N1[C@@H]2CC[C@H]1CC(=O)C2. The van der Waals surface area contributed by atoms with E-state index in [1.165, 1.54) is 10.6 Å². The number of rotatable bonds is 1. The minimum Gasteiger partial charge on any atom is -0.300 e. The predicted molar refractivity (Wildman–Crippen MR) is 47.7 cm³/mol. The number of hydrogen-bond acceptors (Lipinski definition) is 3. The van der Waals surface area contributed by atoms with Crippen molar-refractivity contribution in [3.8, 4) is 0 Å². The first-order valence-corrected chi connectivity index (χ1v) is 6.33. The first-order chi connectivity index (χ1) is 5.98. The van der Waals surface area contributed by atoms with E-state index < -0.39 is 10.0 Å². The molecule has 0 aliphatic carbocycles. The number of carbonyl (C=O) groups is 1. The van der Waals surface area contributed by atoms with Gasteiger partial charge in [0.05, 0.1) is 6.26 Å². The monoisotopic (exact) mass is 203 g/mol. The van der Waals surface area contributed by atoms with Crippen LogP contribution < -0.4 is 0 Å². The van der Waals surface area contributed by atoms with Crippen LogP contribution in [0, 0.1) is 0 Å². The second-order valence-electron chi connectivity index (χ2n) is 3.92. The number of piperidine rings is 1. The summed E-state index contributed by atoms with van der Waals surface area (Å²) in [6.07, 6.45) is 3.77. The molecule has 2 aliphatic rings. The van der Waals surface area contributed by atoms with Gasteiger partial charge in [0.2, 0.25) is 10.0 Å². The lowest BCUT2D eigenvalue weighted by Gasteiger charge is -2.31. The van der Waals surface area contributed by atoms with Crippen molar-refractivity contribution in [2.24, 2.45) is 0 Å². The number of nitrogens with zero attached hydrogens (tertiary/aromatic N) is 1. The molecule has 0 spiro atoms. The standard InChI is InChI=1S/C8H13NO3S/c1-13(11,12)9-6-2-3-7(9)5-8(10)4-6/h6-7H,2-5H2,1H3/t6-,7+. The van der Waals surface area contributed by atoms with E-state index in [-0.39, 0.29) is 17.9 Å². The third-order valence-corrected chi connectivity index (χ3v) is 4.22. The number of fused-ring (bicyclic) bond motifs is 2. The molecule has 0 unspecified atom stereocenters. The zero-order valence-corrected chi connectivity index (χ0v) is 8.38. The zero-order valence-electron chi connectivity index (χ0n) is 7.56. The molecule has 0 radical (unpaired) electrons. The Kier molecular flexibility index (Phi) is 1.96. The molecule has 2 aliphatic heterocycles. The summed E-state index contributed by atoms with van der Waals surface area (Å²) in [6.45, 7) is 0. The van der Waals surface area contributed by atoms with Crippen LogP contribution in [0.2, 0.25) is 0 Å². The van der Waals surface area contributed by atoms with Gasteiger partial charge in [0.25, 0.3) is 0 Å². The van der Waals surface area contributed by atoms with Crippen LogP contribution in [0.25, 0.3) is 0 Å². The second kappa shape index (κ2) is 2.78. The molecule has 2 heterocycles. The smallest absolute Gasteiger partial charge is 0.211 e. The van der Waals surface area contributed by atoms with Gasteiger partial charge in [0.15, 0.2) is 0 Å². The summed E-state index contributed by atoms with van der Waals surface area (Å²) in [7, 11) is -3.10. The fourth-order valence-corrected chi connectivity index (χ4v) is 3.92. The van der Waals surface area contributed by atoms with Crippen LogP contribution in [0.5, 0.6) is 0 Å². The Hall–Kier alpha value is -0.420. The van der Waals surface area contributed by atoms with E-state index in [4.69, 9.17) is 0 Å². The number of Topliss-reactive ketones (excluding diaryl/α,β-unsaturated/α-hetero) is 1. The topological polar surface area (TPSA) is 54.5 Å². The fourth-order valence-electron chi connectivity index (χ4n) is 2.47. The maximum Gasteiger partial charge on any atom is 0.211 e. The first-order valence-electron chi connectivity index (χ1n) is 4.48. The highest BCUT2D eigenvalue weighted by molar-refractivity contribution is 7.88. The van der Waals surface area contributed by atoms with Gasteiger partial charge in [0, 0.05) is 24.9 Å². The molecule has 0 N–H and O–H groups in total. The Morgan fingerprint density at radius 3 is 2.08 bits per heavy atom. The molecule has 0 aromatic carbocycles. The van der Waals surface area contributed by atoms with Crippen molar-refractivity contribution in [2.75, 3.05) is 6.26 Å². The highest BCUT2D eigenvalue weighted by Crippen LogP contribution is 2.35. The van der Waals surface area contributed by atoms with E-state index in [0.717, 1.165) is 12.8 Å². The third-order valence-electron chi connectivity index (χ3n) is 2.86. The molecule has 0 saturated carbocycles. The highest BCUT2D eigenvalue weighted by atomic mass is 32.2. The van der Waals surface area contributed by atoms with E-state index in [2.05, 4.69) is 0 Å². The molecular formula is C8H13NO3S. The molecular weight excluding hydrogens is 190 g/mol. The summed E-state index contributed by atoms with van der Waals surface area (Å²) in [5.74, 6) is 0.215. The molecule has 5 heteroatoms. The van der Waals surface area contributed by atoms with Crippen molar-refractivity contribution >= 4 is 15.8 Å². The van der Waals surface area contributed by atoms with Crippen molar-refractivity contribution in [3.05, 3.63) is 0 Å². The van der Waals surface area contributed by atoms with Gasteiger partial charge in [-0.05, 0) is 12.8 Å². The van der Waals surface area contributed by atoms with Crippen LogP contribution >= 0.6 is 0 Å². The number of ketones is 1. The van der Waals surface area contributed by atoms with Crippen molar-refractivity contribution < 1.29 is 13.2 Å². The summed E-state index contributed by atoms with van der Waals surface area (Å²) < 4.78 is 24.3. The van der Waals surface area contributed by atoms with E-state index in [1.54, 1.807) is 0 Å². The van der Waals surface area contributed by atoms with Gasteiger partial charge >= 0.3 is 0 Å². The molecule has 4 nitrogen and oxygen atoms in total. The van der Waals surface area contributed by atoms with Gasteiger partial charge < -0.3 is 0 Å². The Balaban J connectivity index is 2.30. The Morgan fingerprint density at radius 1 is 1.23 bits per heavy atom. The van der Waals surface area contributed by atoms with Gasteiger partial charge in [-0.15, -0.1) is 0 Å². The number of hydrogen-bond donors (Lipinski definition) is 0. The average Bonchev–Trinajstić information content (AvgIpc) is 2.23. The lowest BCUT2D eigenvalue weighted by atomic mass is 10.0.